The third-order valence-corrected chi connectivity index (χ3v) is 4.09. The molecule has 134 valence electrons. The first-order valence-corrected chi connectivity index (χ1v) is 8.27. The molecule has 0 spiro atoms. The molecule has 0 saturated carbocycles. The van der Waals surface area contributed by atoms with Crippen LogP contribution < -0.4 is 5.56 Å². The van der Waals surface area contributed by atoms with Crippen molar-refractivity contribution in [2.24, 2.45) is 0 Å². The van der Waals surface area contributed by atoms with E-state index in [1.165, 1.54) is 6.33 Å². The van der Waals surface area contributed by atoms with Crippen molar-refractivity contribution in [2.45, 2.75) is 13.0 Å². The molecule has 0 aliphatic heterocycles. The number of para-hydroxylation sites is 1. The minimum absolute atomic E-state index is 0.268. The molecule has 8 heteroatoms. The molecule has 2 heterocycles. The third kappa shape index (κ3) is 3.32. The van der Waals surface area contributed by atoms with Crippen LogP contribution in [0.2, 0.25) is 0 Å². The number of esters is 1. The number of ether oxygens (including phenoxy) is 1. The SMILES string of the molecule is CC(OC(=O)c1ccc(-n2cncn2)cc1)c1nc2ccccc2c(=O)[nH]1. The zero-order chi connectivity index (χ0) is 18.8. The van der Waals surface area contributed by atoms with E-state index in [1.54, 1.807) is 66.5 Å². The van der Waals surface area contributed by atoms with E-state index in [9.17, 15) is 9.59 Å². The highest BCUT2D eigenvalue weighted by Crippen LogP contribution is 2.17. The van der Waals surface area contributed by atoms with Crippen molar-refractivity contribution < 1.29 is 9.53 Å². The lowest BCUT2D eigenvalue weighted by Gasteiger charge is -2.13. The van der Waals surface area contributed by atoms with Gasteiger partial charge in [0.2, 0.25) is 0 Å². The Balaban J connectivity index is 1.53. The maximum Gasteiger partial charge on any atom is 0.338 e. The lowest BCUT2D eigenvalue weighted by atomic mass is 10.2. The topological polar surface area (TPSA) is 103 Å². The largest absolute Gasteiger partial charge is 0.451 e. The number of nitrogens with one attached hydrogen (secondary N) is 1. The maximum atomic E-state index is 12.4. The van der Waals surface area contributed by atoms with Gasteiger partial charge < -0.3 is 9.72 Å². The number of hydrogen-bond donors (Lipinski definition) is 1. The molecule has 0 bridgehead atoms. The third-order valence-electron chi connectivity index (χ3n) is 4.09. The fourth-order valence-corrected chi connectivity index (χ4v) is 2.67. The van der Waals surface area contributed by atoms with E-state index in [0.717, 1.165) is 5.69 Å². The van der Waals surface area contributed by atoms with E-state index in [-0.39, 0.29) is 5.56 Å². The molecular formula is C19H15N5O3. The molecular weight excluding hydrogens is 346 g/mol. The number of carbonyl (C=O) groups is 1. The molecule has 4 rings (SSSR count). The van der Waals surface area contributed by atoms with E-state index in [1.807, 2.05) is 0 Å². The average molecular weight is 361 g/mol. The normalized spacial score (nSPS) is 12.0. The Morgan fingerprint density at radius 2 is 1.93 bits per heavy atom. The van der Waals surface area contributed by atoms with Crippen molar-refractivity contribution >= 4 is 16.9 Å². The number of H-pyrrole nitrogens is 1. The highest BCUT2D eigenvalue weighted by molar-refractivity contribution is 5.89. The summed E-state index contributed by atoms with van der Waals surface area (Å²) >= 11 is 0. The quantitative estimate of drug-likeness (QED) is 0.560. The highest BCUT2D eigenvalue weighted by atomic mass is 16.5. The zero-order valence-electron chi connectivity index (χ0n) is 14.4. The van der Waals surface area contributed by atoms with Crippen LogP contribution in [0.1, 0.15) is 29.2 Å². The van der Waals surface area contributed by atoms with Gasteiger partial charge >= 0.3 is 5.97 Å². The first-order valence-electron chi connectivity index (χ1n) is 8.27. The number of rotatable bonds is 4. The zero-order valence-corrected chi connectivity index (χ0v) is 14.4. The monoisotopic (exact) mass is 361 g/mol. The lowest BCUT2D eigenvalue weighted by Crippen LogP contribution is -2.17. The summed E-state index contributed by atoms with van der Waals surface area (Å²) < 4.78 is 7.04. The number of benzene rings is 2. The molecule has 27 heavy (non-hydrogen) atoms. The van der Waals surface area contributed by atoms with E-state index < -0.39 is 12.1 Å². The molecule has 0 radical (unpaired) electrons. The fraction of sp³-hybridized carbons (Fsp3) is 0.105. The Morgan fingerprint density at radius 3 is 2.67 bits per heavy atom. The Kier molecular flexibility index (Phi) is 4.21. The van der Waals surface area contributed by atoms with Crippen LogP contribution in [0.25, 0.3) is 16.6 Å². The van der Waals surface area contributed by atoms with E-state index >= 15 is 0 Å². The van der Waals surface area contributed by atoms with Gasteiger partial charge in [-0.3, -0.25) is 4.79 Å². The second-order valence-electron chi connectivity index (χ2n) is 5.90. The van der Waals surface area contributed by atoms with Gasteiger partial charge in [0, 0.05) is 0 Å². The van der Waals surface area contributed by atoms with Crippen LogP contribution in [0, 0.1) is 0 Å². The van der Waals surface area contributed by atoms with E-state index in [0.29, 0.717) is 22.3 Å². The molecule has 1 atom stereocenters. The summed E-state index contributed by atoms with van der Waals surface area (Å²) in [6.45, 7) is 1.66. The van der Waals surface area contributed by atoms with Crippen LogP contribution in [0.3, 0.4) is 0 Å². The molecule has 2 aromatic carbocycles. The van der Waals surface area contributed by atoms with Gasteiger partial charge in [-0.15, -0.1) is 0 Å². The number of aromatic amines is 1. The molecule has 0 aliphatic rings. The molecule has 8 nitrogen and oxygen atoms in total. The van der Waals surface area contributed by atoms with Crippen molar-refractivity contribution in [3.8, 4) is 5.69 Å². The number of nitrogens with zero attached hydrogens (tertiary/aromatic N) is 4. The Bertz CT molecular complexity index is 1150. The fourth-order valence-electron chi connectivity index (χ4n) is 2.67. The minimum atomic E-state index is -0.704. The minimum Gasteiger partial charge on any atom is -0.451 e. The van der Waals surface area contributed by atoms with Gasteiger partial charge in [0.05, 0.1) is 22.2 Å². The van der Waals surface area contributed by atoms with Gasteiger partial charge in [0.1, 0.15) is 12.7 Å². The standard InChI is InChI=1S/C19H15N5O3/c1-12(17-22-16-5-3-2-4-15(16)18(25)23-17)27-19(26)13-6-8-14(9-7-13)24-11-20-10-21-24/h2-12H,1H3,(H,22,23,25). The van der Waals surface area contributed by atoms with Gasteiger partial charge in [-0.1, -0.05) is 12.1 Å². The summed E-state index contributed by atoms with van der Waals surface area (Å²) in [5.74, 6) is -0.213. The van der Waals surface area contributed by atoms with Crippen LogP contribution >= 0.6 is 0 Å². The van der Waals surface area contributed by atoms with Crippen molar-refractivity contribution in [1.29, 1.82) is 0 Å². The number of carbonyl (C=O) groups excluding carboxylic acids is 1. The maximum absolute atomic E-state index is 12.4. The number of aromatic nitrogens is 5. The van der Waals surface area contributed by atoms with Crippen LogP contribution in [0.15, 0.2) is 66.0 Å². The summed E-state index contributed by atoms with van der Waals surface area (Å²) in [4.78, 5) is 35.5. The van der Waals surface area contributed by atoms with Gasteiger partial charge in [-0.2, -0.15) is 5.10 Å². The van der Waals surface area contributed by atoms with Gasteiger partial charge in [-0.05, 0) is 43.3 Å². The molecule has 4 aromatic rings. The molecule has 0 fully saturated rings. The molecule has 0 amide bonds. The first-order chi connectivity index (χ1) is 13.1. The summed E-state index contributed by atoms with van der Waals surface area (Å²) in [5.41, 5.74) is 1.44. The average Bonchev–Trinajstić information content (AvgIpc) is 3.23. The Labute approximate surface area is 153 Å². The molecule has 2 aromatic heterocycles. The predicted octanol–water partition coefficient (Wildman–Crippen LogP) is 2.42. The van der Waals surface area contributed by atoms with Gasteiger partial charge in [0.25, 0.3) is 5.56 Å². The van der Waals surface area contributed by atoms with Crippen molar-refractivity contribution in [3.05, 3.63) is 82.9 Å². The van der Waals surface area contributed by atoms with Gasteiger partial charge in [0.15, 0.2) is 11.9 Å². The van der Waals surface area contributed by atoms with Crippen LogP contribution in [-0.2, 0) is 4.74 Å². The number of hydrogen-bond acceptors (Lipinski definition) is 6. The molecule has 0 aliphatic carbocycles. The number of fused-ring (bicyclic) bond motifs is 1. The van der Waals surface area contributed by atoms with Crippen LogP contribution in [0.5, 0.6) is 0 Å². The summed E-state index contributed by atoms with van der Waals surface area (Å²) in [7, 11) is 0. The van der Waals surface area contributed by atoms with E-state index in [2.05, 4.69) is 20.1 Å². The summed E-state index contributed by atoms with van der Waals surface area (Å²) in [6.07, 6.45) is 2.29. The highest BCUT2D eigenvalue weighted by Gasteiger charge is 2.17. The molecule has 0 saturated heterocycles. The first kappa shape index (κ1) is 16.6. The molecule has 1 N–H and O–H groups in total. The summed E-state index contributed by atoms with van der Waals surface area (Å²) in [5, 5.41) is 4.52. The lowest BCUT2D eigenvalue weighted by molar-refractivity contribution is 0.0320. The molecule has 1 unspecified atom stereocenters. The Morgan fingerprint density at radius 1 is 1.15 bits per heavy atom. The van der Waals surface area contributed by atoms with Crippen LogP contribution in [0.4, 0.5) is 0 Å². The summed E-state index contributed by atoms with van der Waals surface area (Å²) in [6, 6.07) is 13.8. The smallest absolute Gasteiger partial charge is 0.338 e. The Hall–Kier alpha value is -3.81. The van der Waals surface area contributed by atoms with Crippen LogP contribution in [-0.4, -0.2) is 30.7 Å². The van der Waals surface area contributed by atoms with Crippen molar-refractivity contribution in [1.82, 2.24) is 24.7 Å². The van der Waals surface area contributed by atoms with Crippen molar-refractivity contribution in [3.63, 3.8) is 0 Å². The van der Waals surface area contributed by atoms with E-state index in [4.69, 9.17) is 4.74 Å². The second-order valence-corrected chi connectivity index (χ2v) is 5.90. The predicted molar refractivity (Wildman–Crippen MR) is 97.6 cm³/mol. The van der Waals surface area contributed by atoms with Gasteiger partial charge in [-0.25, -0.2) is 19.4 Å². The second kappa shape index (κ2) is 6.83. The van der Waals surface area contributed by atoms with Crippen molar-refractivity contribution in [2.75, 3.05) is 0 Å².